The summed E-state index contributed by atoms with van der Waals surface area (Å²) in [4.78, 5) is 2.54. The topological polar surface area (TPSA) is 29.3 Å². The van der Waals surface area contributed by atoms with Crippen LogP contribution < -0.4 is 0 Å². The van der Waals surface area contributed by atoms with Crippen LogP contribution in [0.2, 0.25) is 0 Å². The normalized spacial score (nSPS) is 32.9. The van der Waals surface area contributed by atoms with Crippen LogP contribution in [-0.4, -0.2) is 22.6 Å². The van der Waals surface area contributed by atoms with Gasteiger partial charge in [0.05, 0.1) is 12.7 Å². The van der Waals surface area contributed by atoms with Gasteiger partial charge in [0.2, 0.25) is 0 Å². The molecule has 0 spiro atoms. The maximum absolute atomic E-state index is 5.11. The Morgan fingerprint density at radius 2 is 2.62 bits per heavy atom. The minimum absolute atomic E-state index is 0.860. The second kappa shape index (κ2) is 2.84. The van der Waals surface area contributed by atoms with Crippen molar-refractivity contribution in [2.75, 3.05) is 6.54 Å². The summed E-state index contributed by atoms with van der Waals surface area (Å²) >= 11 is 0. The first-order chi connectivity index (χ1) is 6.43. The molecule has 3 nitrogen and oxygen atoms in total. The van der Waals surface area contributed by atoms with Gasteiger partial charge in [0, 0.05) is 12.1 Å². The summed E-state index contributed by atoms with van der Waals surface area (Å²) in [5.74, 6) is 2.00. The fourth-order valence-corrected chi connectivity index (χ4v) is 2.43. The molecule has 1 aromatic rings. The zero-order valence-electron chi connectivity index (χ0n) is 7.65. The molecule has 1 saturated carbocycles. The van der Waals surface area contributed by atoms with Crippen LogP contribution in [0.15, 0.2) is 16.8 Å². The molecule has 3 heteroatoms. The summed E-state index contributed by atoms with van der Waals surface area (Å²) in [5, 5.41) is 3.72. The molecule has 13 heavy (non-hydrogen) atoms. The molecule has 1 aliphatic carbocycles. The monoisotopic (exact) mass is 178 g/mol. The molecule has 0 N–H and O–H groups in total. The maximum atomic E-state index is 5.11. The van der Waals surface area contributed by atoms with E-state index in [1.165, 1.54) is 25.8 Å². The third-order valence-electron chi connectivity index (χ3n) is 3.22. The number of likely N-dealkylation sites (tertiary alicyclic amines) is 1. The van der Waals surface area contributed by atoms with Gasteiger partial charge in [-0.2, -0.15) is 0 Å². The van der Waals surface area contributed by atoms with Crippen molar-refractivity contribution < 1.29 is 4.52 Å². The van der Waals surface area contributed by atoms with Gasteiger partial charge in [-0.1, -0.05) is 5.16 Å². The number of rotatable bonds is 2. The Hall–Kier alpha value is -0.830. The highest BCUT2D eigenvalue weighted by atomic mass is 16.5. The molecule has 0 aromatic carbocycles. The SMILES string of the molecule is c1cc(CN2CCC[C@@H]3C[C@@H]32)on1. The standard InChI is InChI=1S/C10H14N2O/c1-2-8-6-10(8)12(5-1)7-9-3-4-11-13-9/h3-4,8,10H,1-2,5-7H2/t8-,10+/m1/s1. The fraction of sp³-hybridized carbons (Fsp3) is 0.700. The first-order valence-corrected chi connectivity index (χ1v) is 5.07. The van der Waals surface area contributed by atoms with Crippen LogP contribution in [0.5, 0.6) is 0 Å². The zero-order chi connectivity index (χ0) is 8.67. The van der Waals surface area contributed by atoms with Gasteiger partial charge >= 0.3 is 0 Å². The van der Waals surface area contributed by atoms with Gasteiger partial charge in [0.15, 0.2) is 5.76 Å². The Balaban J connectivity index is 1.66. The Bertz CT molecular complexity index is 283. The van der Waals surface area contributed by atoms with E-state index in [2.05, 4.69) is 10.1 Å². The molecule has 0 radical (unpaired) electrons. The Labute approximate surface area is 77.7 Å². The van der Waals surface area contributed by atoms with Gasteiger partial charge < -0.3 is 4.52 Å². The van der Waals surface area contributed by atoms with Crippen molar-refractivity contribution in [3.05, 3.63) is 18.0 Å². The summed E-state index contributed by atoms with van der Waals surface area (Å²) in [6.07, 6.45) is 5.94. The van der Waals surface area contributed by atoms with Crippen LogP contribution >= 0.6 is 0 Å². The lowest BCUT2D eigenvalue weighted by atomic mass is 10.1. The second-order valence-electron chi connectivity index (χ2n) is 4.15. The zero-order valence-corrected chi connectivity index (χ0v) is 7.65. The molecule has 2 heterocycles. The van der Waals surface area contributed by atoms with E-state index in [1.807, 2.05) is 6.07 Å². The summed E-state index contributed by atoms with van der Waals surface area (Å²) < 4.78 is 5.11. The van der Waals surface area contributed by atoms with Crippen molar-refractivity contribution >= 4 is 0 Å². The number of hydrogen-bond donors (Lipinski definition) is 0. The molecule has 0 bridgehead atoms. The Kier molecular flexibility index (Phi) is 1.65. The van der Waals surface area contributed by atoms with Crippen molar-refractivity contribution in [3.8, 4) is 0 Å². The highest BCUT2D eigenvalue weighted by Gasteiger charge is 2.43. The van der Waals surface area contributed by atoms with Crippen molar-refractivity contribution in [1.29, 1.82) is 0 Å². The third-order valence-corrected chi connectivity index (χ3v) is 3.22. The fourth-order valence-electron chi connectivity index (χ4n) is 2.43. The smallest absolute Gasteiger partial charge is 0.150 e. The second-order valence-corrected chi connectivity index (χ2v) is 4.15. The minimum Gasteiger partial charge on any atom is -0.360 e. The summed E-state index contributed by atoms with van der Waals surface area (Å²) in [6.45, 7) is 2.20. The van der Waals surface area contributed by atoms with E-state index in [9.17, 15) is 0 Å². The molecule has 2 aliphatic rings. The van der Waals surface area contributed by atoms with Crippen LogP contribution in [0, 0.1) is 5.92 Å². The van der Waals surface area contributed by atoms with E-state index in [1.54, 1.807) is 6.20 Å². The van der Waals surface area contributed by atoms with E-state index in [4.69, 9.17) is 4.52 Å². The van der Waals surface area contributed by atoms with Gasteiger partial charge in [0.1, 0.15) is 0 Å². The van der Waals surface area contributed by atoms with Gasteiger partial charge in [0.25, 0.3) is 0 Å². The molecule has 3 rings (SSSR count). The number of aromatic nitrogens is 1. The predicted octanol–water partition coefficient (Wildman–Crippen LogP) is 1.66. The average Bonchev–Trinajstić information content (AvgIpc) is 2.77. The van der Waals surface area contributed by atoms with Crippen LogP contribution in [0.4, 0.5) is 0 Å². The van der Waals surface area contributed by atoms with E-state index >= 15 is 0 Å². The number of nitrogens with zero attached hydrogens (tertiary/aromatic N) is 2. The summed E-state index contributed by atoms with van der Waals surface area (Å²) in [6, 6.07) is 2.82. The molecule has 0 unspecified atom stereocenters. The molecule has 0 amide bonds. The predicted molar refractivity (Wildman–Crippen MR) is 48.0 cm³/mol. The molecule has 2 atom stereocenters. The number of fused-ring (bicyclic) bond motifs is 1. The van der Waals surface area contributed by atoms with Crippen LogP contribution in [0.1, 0.15) is 25.0 Å². The lowest BCUT2D eigenvalue weighted by Crippen LogP contribution is -2.30. The van der Waals surface area contributed by atoms with E-state index in [0.717, 1.165) is 24.3 Å². The van der Waals surface area contributed by atoms with Crippen molar-refractivity contribution in [1.82, 2.24) is 10.1 Å². The average molecular weight is 178 g/mol. The molecule has 1 aliphatic heterocycles. The molecule has 2 fully saturated rings. The molecule has 1 aromatic heterocycles. The van der Waals surface area contributed by atoms with Crippen LogP contribution in [0.3, 0.4) is 0 Å². The van der Waals surface area contributed by atoms with E-state index < -0.39 is 0 Å². The van der Waals surface area contributed by atoms with Gasteiger partial charge in [-0.05, 0) is 31.7 Å². The quantitative estimate of drug-likeness (QED) is 0.689. The maximum Gasteiger partial charge on any atom is 0.150 e. The molecular formula is C10H14N2O. The van der Waals surface area contributed by atoms with Crippen molar-refractivity contribution in [2.24, 2.45) is 5.92 Å². The Morgan fingerprint density at radius 3 is 3.46 bits per heavy atom. The third kappa shape index (κ3) is 1.37. The first kappa shape index (κ1) is 7.56. The first-order valence-electron chi connectivity index (χ1n) is 5.07. The van der Waals surface area contributed by atoms with Crippen LogP contribution in [0.25, 0.3) is 0 Å². The van der Waals surface area contributed by atoms with Gasteiger partial charge in [-0.3, -0.25) is 4.90 Å². The van der Waals surface area contributed by atoms with Crippen LogP contribution in [-0.2, 0) is 6.54 Å². The minimum atomic E-state index is 0.860. The largest absolute Gasteiger partial charge is 0.360 e. The summed E-state index contributed by atoms with van der Waals surface area (Å²) in [7, 11) is 0. The Morgan fingerprint density at radius 1 is 1.62 bits per heavy atom. The lowest BCUT2D eigenvalue weighted by Gasteiger charge is -2.24. The lowest BCUT2D eigenvalue weighted by molar-refractivity contribution is 0.185. The summed E-state index contributed by atoms with van der Waals surface area (Å²) in [5.41, 5.74) is 0. The number of hydrogen-bond acceptors (Lipinski definition) is 3. The molecule has 1 saturated heterocycles. The molecule has 70 valence electrons. The molecular weight excluding hydrogens is 164 g/mol. The van der Waals surface area contributed by atoms with Gasteiger partial charge in [-0.15, -0.1) is 0 Å². The van der Waals surface area contributed by atoms with Crippen molar-refractivity contribution in [3.63, 3.8) is 0 Å². The van der Waals surface area contributed by atoms with Crippen molar-refractivity contribution in [2.45, 2.75) is 31.8 Å². The van der Waals surface area contributed by atoms with E-state index in [0.29, 0.717) is 0 Å². The van der Waals surface area contributed by atoms with Gasteiger partial charge in [-0.25, -0.2) is 0 Å². The highest BCUT2D eigenvalue weighted by Crippen LogP contribution is 2.43. The van der Waals surface area contributed by atoms with E-state index in [-0.39, 0.29) is 0 Å². The number of piperidine rings is 1. The highest BCUT2D eigenvalue weighted by molar-refractivity contribution is 5.01.